The molecule has 2 unspecified atom stereocenters. The van der Waals surface area contributed by atoms with Crippen LogP contribution in [0, 0.1) is 27.7 Å². The molecule has 3 aromatic heterocycles. The van der Waals surface area contributed by atoms with E-state index in [1.807, 2.05) is 0 Å². The van der Waals surface area contributed by atoms with E-state index in [0.29, 0.717) is 0 Å². The molecule has 0 bridgehead atoms. The van der Waals surface area contributed by atoms with E-state index in [9.17, 15) is 0 Å². The van der Waals surface area contributed by atoms with Gasteiger partial charge in [-0.3, -0.25) is 0 Å². The highest BCUT2D eigenvalue weighted by atomic mass is 16.5. The molecule has 13 rings (SSSR count). The fourth-order valence-corrected chi connectivity index (χ4v) is 10.7. The first kappa shape index (κ1) is 36.1. The smallest absolute Gasteiger partial charge is 0.178 e. The minimum atomic E-state index is -0.430. The highest BCUT2D eigenvalue weighted by Gasteiger charge is 2.43. The molecule has 1 aliphatic heterocycles. The number of ether oxygens (including phenoxy) is 1. The van der Waals surface area contributed by atoms with Crippen LogP contribution < -0.4 is 4.74 Å². The fourth-order valence-electron chi connectivity index (χ4n) is 10.7. The zero-order chi connectivity index (χ0) is 42.3. The Kier molecular flexibility index (Phi) is 7.44. The van der Waals surface area contributed by atoms with Gasteiger partial charge in [0.25, 0.3) is 0 Å². The molecule has 4 heteroatoms. The van der Waals surface area contributed by atoms with E-state index in [1.165, 1.54) is 55.6 Å². The Hall–Kier alpha value is -7.56. The Balaban J connectivity index is 0.927. The van der Waals surface area contributed by atoms with E-state index in [4.69, 9.17) is 18.0 Å². The van der Waals surface area contributed by atoms with Crippen molar-refractivity contribution in [3.63, 3.8) is 0 Å². The van der Waals surface area contributed by atoms with E-state index < -0.39 is 5.60 Å². The van der Waals surface area contributed by atoms with Gasteiger partial charge in [-0.15, -0.1) is 0 Å². The normalized spacial score (nSPS) is 17.0. The molecule has 4 nitrogen and oxygen atoms in total. The third kappa shape index (κ3) is 5.28. The highest BCUT2D eigenvalue weighted by molar-refractivity contribution is 6.22. The summed E-state index contributed by atoms with van der Waals surface area (Å²) in [6.45, 7) is 11.0. The Morgan fingerprint density at radius 1 is 0.460 bits per heavy atom. The van der Waals surface area contributed by atoms with Crippen molar-refractivity contribution in [2.75, 3.05) is 0 Å². The van der Waals surface area contributed by atoms with Gasteiger partial charge in [0.15, 0.2) is 11.2 Å². The quantitative estimate of drug-likeness (QED) is 0.178. The summed E-state index contributed by atoms with van der Waals surface area (Å²) in [5.41, 5.74) is 20.0. The monoisotopic (exact) mass is 814 g/mol. The molecule has 0 amide bonds. The molecule has 0 fully saturated rings. The third-order valence-electron chi connectivity index (χ3n) is 14.1. The number of rotatable bonds is 4. The molecule has 1 aliphatic carbocycles. The second kappa shape index (κ2) is 13.0. The summed E-state index contributed by atoms with van der Waals surface area (Å²) in [6, 6.07) is 49.8. The van der Waals surface area contributed by atoms with E-state index in [1.54, 1.807) is 0 Å². The van der Waals surface area contributed by atoms with Crippen LogP contribution in [0.5, 0.6) is 5.75 Å². The topological polar surface area (TPSA) is 48.7 Å². The van der Waals surface area contributed by atoms with Gasteiger partial charge in [-0.1, -0.05) is 91.0 Å². The second-order valence-electron chi connectivity index (χ2n) is 17.9. The first-order valence-electron chi connectivity index (χ1n) is 21.8. The van der Waals surface area contributed by atoms with Gasteiger partial charge in [0, 0.05) is 43.8 Å². The summed E-state index contributed by atoms with van der Waals surface area (Å²) in [5.74, 6) is 1.04. The lowest BCUT2D eigenvalue weighted by molar-refractivity contribution is 0.155. The van der Waals surface area contributed by atoms with Crippen molar-refractivity contribution in [1.29, 1.82) is 0 Å². The first-order valence-corrected chi connectivity index (χ1v) is 21.8. The summed E-state index contributed by atoms with van der Waals surface area (Å²) in [7, 11) is 0. The van der Waals surface area contributed by atoms with Gasteiger partial charge in [0.1, 0.15) is 33.7 Å². The average Bonchev–Trinajstić information content (AvgIpc) is 4.05. The van der Waals surface area contributed by atoms with Crippen LogP contribution >= 0.6 is 0 Å². The third-order valence-corrected chi connectivity index (χ3v) is 14.1. The number of benzene rings is 8. The van der Waals surface area contributed by atoms with Crippen LogP contribution in [0.15, 0.2) is 171 Å². The van der Waals surface area contributed by atoms with Gasteiger partial charge >= 0.3 is 0 Å². The predicted molar refractivity (Wildman–Crippen MR) is 259 cm³/mol. The SMILES string of the molecule is Cc1cc2oc3c4oc5cc(C)c(-c6ccc7oc8ccc(-c9ccccc9)cc8c7c6)cc5c4c(C)c(C)c3c2cc1-c1ccc2c(c1)C1C=C(c3ccccc3)C=CC1(C)O2. The number of allylic oxidation sites excluding steroid dienone is 2. The summed E-state index contributed by atoms with van der Waals surface area (Å²) >= 11 is 0. The van der Waals surface area contributed by atoms with E-state index in [0.717, 1.165) is 88.3 Å². The van der Waals surface area contributed by atoms with Crippen molar-refractivity contribution < 1.29 is 18.0 Å². The first-order chi connectivity index (χ1) is 30.7. The molecule has 4 heterocycles. The van der Waals surface area contributed by atoms with Gasteiger partial charge < -0.3 is 18.0 Å². The minimum absolute atomic E-state index is 0.100. The molecule has 0 saturated heterocycles. The number of aryl methyl sites for hydroxylation is 4. The van der Waals surface area contributed by atoms with Crippen LogP contribution in [-0.4, -0.2) is 5.60 Å². The minimum Gasteiger partial charge on any atom is -0.482 e. The highest BCUT2D eigenvalue weighted by Crippen LogP contribution is 2.52. The van der Waals surface area contributed by atoms with Crippen molar-refractivity contribution in [2.24, 2.45) is 0 Å². The van der Waals surface area contributed by atoms with Crippen LogP contribution in [-0.2, 0) is 0 Å². The van der Waals surface area contributed by atoms with Crippen molar-refractivity contribution in [3.8, 4) is 39.1 Å². The van der Waals surface area contributed by atoms with Crippen LogP contribution in [0.2, 0.25) is 0 Å². The van der Waals surface area contributed by atoms with Gasteiger partial charge in [0.2, 0.25) is 0 Å². The molecular formula is C59H42O4. The second-order valence-corrected chi connectivity index (χ2v) is 17.9. The molecule has 0 spiro atoms. The molecule has 11 aromatic rings. The Labute approximate surface area is 364 Å². The summed E-state index contributed by atoms with van der Waals surface area (Å²) in [5, 5.41) is 6.60. The molecule has 0 N–H and O–H groups in total. The van der Waals surface area contributed by atoms with Gasteiger partial charge in [-0.25, -0.2) is 0 Å². The van der Waals surface area contributed by atoms with E-state index in [-0.39, 0.29) is 5.92 Å². The van der Waals surface area contributed by atoms with Gasteiger partial charge in [-0.05, 0) is 168 Å². The maximum Gasteiger partial charge on any atom is 0.178 e. The van der Waals surface area contributed by atoms with Gasteiger partial charge in [0.05, 0.1) is 0 Å². The maximum atomic E-state index is 6.84. The Bertz CT molecular complexity index is 3820. The van der Waals surface area contributed by atoms with Crippen molar-refractivity contribution in [2.45, 2.75) is 46.1 Å². The molecule has 8 aromatic carbocycles. The molecule has 0 saturated carbocycles. The molecule has 2 atom stereocenters. The summed E-state index contributed by atoms with van der Waals surface area (Å²) in [4.78, 5) is 0. The molecule has 2 aliphatic rings. The number of hydrogen-bond acceptors (Lipinski definition) is 4. The summed E-state index contributed by atoms with van der Waals surface area (Å²) < 4.78 is 26.7. The van der Waals surface area contributed by atoms with Crippen LogP contribution in [0.1, 0.15) is 46.2 Å². The predicted octanol–water partition coefficient (Wildman–Crippen LogP) is 16.5. The van der Waals surface area contributed by atoms with Gasteiger partial charge in [-0.2, -0.15) is 0 Å². The maximum absolute atomic E-state index is 6.84. The summed E-state index contributed by atoms with van der Waals surface area (Å²) in [6.07, 6.45) is 6.80. The molecular weight excluding hydrogens is 773 g/mol. The zero-order valence-corrected chi connectivity index (χ0v) is 35.7. The van der Waals surface area contributed by atoms with Crippen molar-refractivity contribution in [3.05, 3.63) is 191 Å². The Morgan fingerprint density at radius 3 is 1.62 bits per heavy atom. The van der Waals surface area contributed by atoms with Crippen LogP contribution in [0.4, 0.5) is 0 Å². The lowest BCUT2D eigenvalue weighted by atomic mass is 9.78. The van der Waals surface area contributed by atoms with E-state index in [2.05, 4.69) is 192 Å². The van der Waals surface area contributed by atoms with Crippen LogP contribution in [0.3, 0.4) is 0 Å². The standard InChI is InChI=1S/C59H42O4/c1-32-24-53-47(30-42(32)40-17-20-51-45(27-40)44-26-38(16-19-50(44)60-51)36-12-8-6-9-13-36)55-34(3)35(4)56-48-31-43(33(2)25-54(48)62-58(56)57(55)61-53)41-18-21-52-46(28-41)49-29-39(22-23-59(49,5)63-52)37-14-10-7-11-15-37/h6-31,49H,1-5H3. The van der Waals surface area contributed by atoms with Crippen molar-refractivity contribution in [1.82, 2.24) is 0 Å². The lowest BCUT2D eigenvalue weighted by Crippen LogP contribution is -2.32. The van der Waals surface area contributed by atoms with Crippen molar-refractivity contribution >= 4 is 71.4 Å². The van der Waals surface area contributed by atoms with Crippen LogP contribution in [0.25, 0.3) is 105 Å². The largest absolute Gasteiger partial charge is 0.482 e. The lowest BCUT2D eigenvalue weighted by Gasteiger charge is -2.29. The fraction of sp³-hybridized carbons (Fsp3) is 0.119. The molecule has 302 valence electrons. The number of fused-ring (bicyclic) bond motifs is 13. The number of furan rings is 3. The van der Waals surface area contributed by atoms with E-state index >= 15 is 0 Å². The molecule has 0 radical (unpaired) electrons. The Morgan fingerprint density at radius 2 is 1.00 bits per heavy atom. The zero-order valence-electron chi connectivity index (χ0n) is 35.7. The average molecular weight is 815 g/mol. The number of hydrogen-bond donors (Lipinski definition) is 0. The molecule has 63 heavy (non-hydrogen) atoms.